The van der Waals surface area contributed by atoms with Crippen molar-refractivity contribution < 1.29 is 32.3 Å². The first-order chi connectivity index (χ1) is 14.7. The maximum absolute atomic E-state index is 13.6. The second kappa shape index (κ2) is 8.86. The molecule has 1 amide bonds. The maximum atomic E-state index is 13.6. The molecule has 2 aromatic rings. The van der Waals surface area contributed by atoms with E-state index in [0.29, 0.717) is 0 Å². The molecule has 1 aliphatic heterocycles. The van der Waals surface area contributed by atoms with E-state index in [1.807, 2.05) is 12.1 Å². The molecule has 9 nitrogen and oxygen atoms in total. The topological polar surface area (TPSA) is 119 Å². The summed E-state index contributed by atoms with van der Waals surface area (Å²) in [6, 6.07) is 9.70. The lowest BCUT2D eigenvalue weighted by atomic mass is 9.95. The van der Waals surface area contributed by atoms with Crippen LogP contribution in [0.1, 0.15) is 31.8 Å². The summed E-state index contributed by atoms with van der Waals surface area (Å²) in [5, 5.41) is 2.50. The number of amides is 1. The molecular weight excluding hydrogens is 424 g/mol. The molecule has 0 bridgehead atoms. The van der Waals surface area contributed by atoms with E-state index in [1.165, 1.54) is 13.1 Å². The summed E-state index contributed by atoms with van der Waals surface area (Å²) in [5.74, 6) is -2.08. The number of esters is 2. The molecule has 164 valence electrons. The number of hydrogen-bond donors (Lipinski definition) is 1. The molecule has 0 radical (unpaired) electrons. The molecule has 1 aliphatic rings. The van der Waals surface area contributed by atoms with Crippen molar-refractivity contribution in [1.82, 2.24) is 9.62 Å². The number of benzene rings is 2. The molecule has 0 saturated heterocycles. The minimum atomic E-state index is -4.28. The molecule has 0 spiro atoms. The fourth-order valence-electron chi connectivity index (χ4n) is 3.50. The van der Waals surface area contributed by atoms with Gasteiger partial charge in [-0.2, -0.15) is 4.31 Å². The largest absolute Gasteiger partial charge is 0.465 e. The highest BCUT2D eigenvalue weighted by Crippen LogP contribution is 2.30. The number of nitrogens with zero attached hydrogens (tertiary/aromatic N) is 1. The summed E-state index contributed by atoms with van der Waals surface area (Å²) in [6.07, 6.45) is 0.190. The van der Waals surface area contributed by atoms with Crippen LogP contribution in [0.2, 0.25) is 0 Å². The summed E-state index contributed by atoms with van der Waals surface area (Å²) in [7, 11) is -0.562. The first-order valence-corrected chi connectivity index (χ1v) is 10.8. The lowest BCUT2D eigenvalue weighted by Gasteiger charge is -2.34. The smallest absolute Gasteiger partial charge is 0.337 e. The summed E-state index contributed by atoms with van der Waals surface area (Å²) < 4.78 is 37.6. The first-order valence-electron chi connectivity index (χ1n) is 9.35. The zero-order chi connectivity index (χ0) is 22.8. The fourth-order valence-corrected chi connectivity index (χ4v) is 5.13. The van der Waals surface area contributed by atoms with Gasteiger partial charge < -0.3 is 14.8 Å². The van der Waals surface area contributed by atoms with Gasteiger partial charge in [-0.3, -0.25) is 4.79 Å². The standard InChI is InChI=1S/C21H22N2O7S/c1-22-19(24)18-11-13-6-4-5-7-14(13)12-23(18)31(27,28)17-9-15(20(25)29-2)8-16(10-17)21(26)30-3/h4-10,18H,11-12H2,1-3H3,(H,22,24). The van der Waals surface area contributed by atoms with E-state index in [4.69, 9.17) is 0 Å². The molecule has 0 aliphatic carbocycles. The molecule has 2 aromatic carbocycles. The Morgan fingerprint density at radius 3 is 2.03 bits per heavy atom. The van der Waals surface area contributed by atoms with E-state index in [2.05, 4.69) is 14.8 Å². The third kappa shape index (κ3) is 4.30. The van der Waals surface area contributed by atoms with Crippen LogP contribution in [0.15, 0.2) is 47.4 Å². The predicted molar refractivity (Wildman–Crippen MR) is 110 cm³/mol. The Hall–Kier alpha value is -3.24. The molecule has 1 unspecified atom stereocenters. The van der Waals surface area contributed by atoms with Gasteiger partial charge in [0.25, 0.3) is 0 Å². The molecule has 0 saturated carbocycles. The number of ether oxygens (including phenoxy) is 2. The summed E-state index contributed by atoms with van der Waals surface area (Å²) >= 11 is 0. The molecule has 1 N–H and O–H groups in total. The molecule has 1 heterocycles. The van der Waals surface area contributed by atoms with Crippen LogP contribution >= 0.6 is 0 Å². The fraction of sp³-hybridized carbons (Fsp3) is 0.286. The second-order valence-electron chi connectivity index (χ2n) is 6.88. The van der Waals surface area contributed by atoms with Gasteiger partial charge in [-0.25, -0.2) is 18.0 Å². The number of rotatable bonds is 5. The van der Waals surface area contributed by atoms with Crippen LogP contribution in [0.3, 0.4) is 0 Å². The Balaban J connectivity index is 2.15. The van der Waals surface area contributed by atoms with Crippen LogP contribution in [-0.2, 0) is 37.3 Å². The average Bonchev–Trinajstić information content (AvgIpc) is 2.81. The van der Waals surface area contributed by atoms with E-state index in [-0.39, 0.29) is 29.0 Å². The molecule has 3 rings (SSSR count). The Morgan fingerprint density at radius 2 is 1.52 bits per heavy atom. The monoisotopic (exact) mass is 446 g/mol. The molecule has 1 atom stereocenters. The predicted octanol–water partition coefficient (Wildman–Crippen LogP) is 1.12. The molecule has 31 heavy (non-hydrogen) atoms. The van der Waals surface area contributed by atoms with Crippen LogP contribution < -0.4 is 5.32 Å². The van der Waals surface area contributed by atoms with Crippen molar-refractivity contribution >= 4 is 27.9 Å². The van der Waals surface area contributed by atoms with Gasteiger partial charge >= 0.3 is 11.9 Å². The molecule has 0 fully saturated rings. The Morgan fingerprint density at radius 1 is 0.968 bits per heavy atom. The normalized spacial score (nSPS) is 16.2. The van der Waals surface area contributed by atoms with Crippen LogP contribution in [0.5, 0.6) is 0 Å². The third-order valence-corrected chi connectivity index (χ3v) is 6.94. The van der Waals surface area contributed by atoms with Gasteiger partial charge in [0.05, 0.1) is 30.2 Å². The van der Waals surface area contributed by atoms with E-state index >= 15 is 0 Å². The van der Waals surface area contributed by atoms with Gasteiger partial charge in [-0.15, -0.1) is 0 Å². The van der Waals surface area contributed by atoms with E-state index in [0.717, 1.165) is 41.8 Å². The summed E-state index contributed by atoms with van der Waals surface area (Å²) in [5.41, 5.74) is 1.39. The number of nitrogens with one attached hydrogen (secondary N) is 1. The van der Waals surface area contributed by atoms with Gasteiger partial charge in [0.1, 0.15) is 6.04 Å². The van der Waals surface area contributed by atoms with Crippen LogP contribution in [-0.4, -0.2) is 57.9 Å². The number of carbonyl (C=O) groups excluding carboxylic acids is 3. The third-order valence-electron chi connectivity index (χ3n) is 5.11. The van der Waals surface area contributed by atoms with Crippen molar-refractivity contribution in [1.29, 1.82) is 0 Å². The molecular formula is C21H22N2O7S. The minimum absolute atomic E-state index is 0.0351. The van der Waals surface area contributed by atoms with Gasteiger partial charge in [-0.1, -0.05) is 24.3 Å². The van der Waals surface area contributed by atoms with Crippen molar-refractivity contribution in [3.8, 4) is 0 Å². The van der Waals surface area contributed by atoms with Crippen molar-refractivity contribution in [3.05, 3.63) is 64.7 Å². The number of carbonyl (C=O) groups is 3. The lowest BCUT2D eigenvalue weighted by Crippen LogP contribution is -2.51. The van der Waals surface area contributed by atoms with E-state index in [9.17, 15) is 22.8 Å². The molecule has 0 aromatic heterocycles. The number of likely N-dealkylation sites (N-methyl/N-ethyl adjacent to an activating group) is 1. The van der Waals surface area contributed by atoms with Crippen molar-refractivity contribution in [3.63, 3.8) is 0 Å². The van der Waals surface area contributed by atoms with Crippen molar-refractivity contribution in [2.45, 2.75) is 23.9 Å². The average molecular weight is 446 g/mol. The van der Waals surface area contributed by atoms with Crippen LogP contribution in [0.25, 0.3) is 0 Å². The first kappa shape index (κ1) is 22.4. The lowest BCUT2D eigenvalue weighted by molar-refractivity contribution is -0.124. The number of hydrogen-bond acceptors (Lipinski definition) is 7. The maximum Gasteiger partial charge on any atom is 0.337 e. The molecule has 10 heteroatoms. The van der Waals surface area contributed by atoms with Gasteiger partial charge in [-0.05, 0) is 35.7 Å². The highest BCUT2D eigenvalue weighted by Gasteiger charge is 2.39. The Kier molecular flexibility index (Phi) is 6.42. The summed E-state index contributed by atoms with van der Waals surface area (Å²) in [6.45, 7) is -0.0351. The van der Waals surface area contributed by atoms with E-state index < -0.39 is 33.9 Å². The highest BCUT2D eigenvalue weighted by atomic mass is 32.2. The van der Waals surface area contributed by atoms with Crippen LogP contribution in [0.4, 0.5) is 0 Å². The number of sulfonamides is 1. The van der Waals surface area contributed by atoms with Crippen molar-refractivity contribution in [2.24, 2.45) is 0 Å². The second-order valence-corrected chi connectivity index (χ2v) is 8.77. The zero-order valence-corrected chi connectivity index (χ0v) is 18.1. The minimum Gasteiger partial charge on any atom is -0.465 e. The van der Waals surface area contributed by atoms with Gasteiger partial charge in [0.15, 0.2) is 0 Å². The Labute approximate surface area is 180 Å². The Bertz CT molecular complexity index is 1110. The van der Waals surface area contributed by atoms with E-state index in [1.54, 1.807) is 12.1 Å². The highest BCUT2D eigenvalue weighted by molar-refractivity contribution is 7.89. The van der Waals surface area contributed by atoms with Gasteiger partial charge in [0, 0.05) is 13.6 Å². The number of fused-ring (bicyclic) bond motifs is 1. The summed E-state index contributed by atoms with van der Waals surface area (Å²) in [4.78, 5) is 36.4. The SMILES string of the molecule is CNC(=O)C1Cc2ccccc2CN1S(=O)(=O)c1cc(C(=O)OC)cc(C(=O)OC)c1. The quantitative estimate of drug-likeness (QED) is 0.684. The zero-order valence-electron chi connectivity index (χ0n) is 17.2. The van der Waals surface area contributed by atoms with Gasteiger partial charge in [0.2, 0.25) is 15.9 Å². The van der Waals surface area contributed by atoms with Crippen LogP contribution in [0, 0.1) is 0 Å². The number of methoxy groups -OCH3 is 2. The van der Waals surface area contributed by atoms with Crippen molar-refractivity contribution in [2.75, 3.05) is 21.3 Å².